The second kappa shape index (κ2) is 6.33. The van der Waals surface area contributed by atoms with Crippen molar-refractivity contribution >= 4 is 17.3 Å². The summed E-state index contributed by atoms with van der Waals surface area (Å²) in [4.78, 5) is 15.5. The Morgan fingerprint density at radius 3 is 3.05 bits per heavy atom. The largest absolute Gasteiger partial charge is 0.399 e. The number of rotatable bonds is 5. The van der Waals surface area contributed by atoms with Gasteiger partial charge in [-0.05, 0) is 24.6 Å². The van der Waals surface area contributed by atoms with Crippen LogP contribution in [0.4, 0.5) is 11.4 Å². The van der Waals surface area contributed by atoms with Gasteiger partial charge in [-0.1, -0.05) is 6.07 Å². The van der Waals surface area contributed by atoms with E-state index in [-0.39, 0.29) is 11.7 Å². The van der Waals surface area contributed by atoms with Gasteiger partial charge in [0.15, 0.2) is 0 Å². The summed E-state index contributed by atoms with van der Waals surface area (Å²) in [6.45, 7) is 0.541. The van der Waals surface area contributed by atoms with E-state index in [0.717, 1.165) is 0 Å². The molecule has 2 rings (SSSR count). The Labute approximate surface area is 116 Å². The van der Waals surface area contributed by atoms with Crippen molar-refractivity contribution in [2.45, 2.75) is 19.4 Å². The first-order valence-electron chi connectivity index (χ1n) is 6.12. The molecule has 0 saturated heterocycles. The molecule has 102 valence electrons. The standard InChI is InChI=1S/C13H14N6O/c14-8-12-16-9-19(18-12)6-2-5-13(20)17-11-4-1-3-10(15)7-11/h1,3-4,7,9H,2,5-6,15H2,(H,17,20). The van der Waals surface area contributed by atoms with Gasteiger partial charge in [0.1, 0.15) is 12.4 Å². The summed E-state index contributed by atoms with van der Waals surface area (Å²) in [7, 11) is 0. The molecule has 0 saturated carbocycles. The van der Waals surface area contributed by atoms with Gasteiger partial charge in [-0.15, -0.1) is 5.10 Å². The first-order valence-corrected chi connectivity index (χ1v) is 6.12. The molecule has 0 aliphatic rings. The van der Waals surface area contributed by atoms with Crippen molar-refractivity contribution in [1.82, 2.24) is 14.8 Å². The van der Waals surface area contributed by atoms with Gasteiger partial charge >= 0.3 is 0 Å². The Hall–Kier alpha value is -2.88. The Balaban J connectivity index is 1.77. The zero-order valence-corrected chi connectivity index (χ0v) is 10.8. The highest BCUT2D eigenvalue weighted by molar-refractivity contribution is 5.91. The van der Waals surface area contributed by atoms with E-state index >= 15 is 0 Å². The van der Waals surface area contributed by atoms with Gasteiger partial charge in [0.05, 0.1) is 0 Å². The number of aryl methyl sites for hydroxylation is 1. The second-order valence-corrected chi connectivity index (χ2v) is 4.22. The highest BCUT2D eigenvalue weighted by Crippen LogP contribution is 2.12. The smallest absolute Gasteiger partial charge is 0.252 e. The van der Waals surface area contributed by atoms with E-state index in [1.807, 2.05) is 6.07 Å². The number of nitrogens with zero attached hydrogens (tertiary/aromatic N) is 4. The number of nitrogens with two attached hydrogens (primary N) is 1. The summed E-state index contributed by atoms with van der Waals surface area (Å²) in [6, 6.07) is 8.87. The summed E-state index contributed by atoms with van der Waals surface area (Å²) in [5, 5.41) is 15.3. The molecule has 0 bridgehead atoms. The summed E-state index contributed by atoms with van der Waals surface area (Å²) < 4.78 is 1.55. The Kier molecular flexibility index (Phi) is 4.29. The van der Waals surface area contributed by atoms with Crippen molar-refractivity contribution in [3.8, 4) is 6.07 Å². The Morgan fingerprint density at radius 2 is 2.35 bits per heavy atom. The summed E-state index contributed by atoms with van der Waals surface area (Å²) in [5.41, 5.74) is 6.92. The van der Waals surface area contributed by atoms with E-state index in [2.05, 4.69) is 15.4 Å². The van der Waals surface area contributed by atoms with Crippen molar-refractivity contribution in [1.29, 1.82) is 5.26 Å². The average molecular weight is 270 g/mol. The summed E-state index contributed by atoms with van der Waals surface area (Å²) in [6.07, 6.45) is 2.45. The predicted octanol–water partition coefficient (Wildman–Crippen LogP) is 1.15. The number of nitrogens with one attached hydrogen (secondary N) is 1. The van der Waals surface area contributed by atoms with Gasteiger partial charge in [0, 0.05) is 24.3 Å². The number of anilines is 2. The molecule has 0 aliphatic carbocycles. The lowest BCUT2D eigenvalue weighted by molar-refractivity contribution is -0.116. The lowest BCUT2D eigenvalue weighted by Gasteiger charge is -2.05. The number of nitriles is 1. The third kappa shape index (κ3) is 3.81. The molecule has 20 heavy (non-hydrogen) atoms. The number of carbonyl (C=O) groups excluding carboxylic acids is 1. The van der Waals surface area contributed by atoms with E-state index in [1.54, 1.807) is 28.9 Å². The van der Waals surface area contributed by atoms with E-state index < -0.39 is 0 Å². The first kappa shape index (κ1) is 13.5. The average Bonchev–Trinajstić information content (AvgIpc) is 2.86. The molecule has 1 heterocycles. The van der Waals surface area contributed by atoms with Crippen LogP contribution < -0.4 is 11.1 Å². The number of nitrogen functional groups attached to an aromatic ring is 1. The van der Waals surface area contributed by atoms with Gasteiger partial charge in [0.25, 0.3) is 5.82 Å². The summed E-state index contributed by atoms with van der Waals surface area (Å²) in [5.74, 6) is 0.0467. The normalized spacial score (nSPS) is 9.95. The fourth-order valence-electron chi connectivity index (χ4n) is 1.70. The van der Waals surface area contributed by atoms with Crippen LogP contribution >= 0.6 is 0 Å². The van der Waals surface area contributed by atoms with Gasteiger partial charge < -0.3 is 11.1 Å². The Morgan fingerprint density at radius 1 is 1.50 bits per heavy atom. The highest BCUT2D eigenvalue weighted by atomic mass is 16.1. The molecular formula is C13H14N6O. The molecule has 7 heteroatoms. The van der Waals surface area contributed by atoms with Crippen LogP contribution in [0.1, 0.15) is 18.7 Å². The van der Waals surface area contributed by atoms with Crippen LogP contribution in [0, 0.1) is 11.3 Å². The molecule has 0 radical (unpaired) electrons. The molecule has 0 aliphatic heterocycles. The van der Waals surface area contributed by atoms with E-state index in [0.29, 0.717) is 30.8 Å². The zero-order valence-electron chi connectivity index (χ0n) is 10.8. The van der Waals surface area contributed by atoms with Crippen LogP contribution in [-0.2, 0) is 11.3 Å². The first-order chi connectivity index (χ1) is 9.67. The minimum Gasteiger partial charge on any atom is -0.399 e. The van der Waals surface area contributed by atoms with Gasteiger partial charge in [0.2, 0.25) is 5.91 Å². The maximum absolute atomic E-state index is 11.7. The van der Waals surface area contributed by atoms with E-state index in [1.165, 1.54) is 6.33 Å². The van der Waals surface area contributed by atoms with Crippen molar-refractivity contribution in [3.63, 3.8) is 0 Å². The maximum atomic E-state index is 11.7. The third-order valence-electron chi connectivity index (χ3n) is 2.60. The SMILES string of the molecule is N#Cc1ncn(CCCC(=O)Nc2cccc(N)c2)n1. The van der Waals surface area contributed by atoms with Crippen LogP contribution in [0.3, 0.4) is 0 Å². The highest BCUT2D eigenvalue weighted by Gasteiger charge is 2.04. The number of benzene rings is 1. The Bertz CT molecular complexity index is 642. The fourth-order valence-corrected chi connectivity index (χ4v) is 1.70. The van der Waals surface area contributed by atoms with Gasteiger partial charge in [-0.25, -0.2) is 4.98 Å². The van der Waals surface area contributed by atoms with Crippen molar-refractivity contribution < 1.29 is 4.79 Å². The number of hydrogen-bond acceptors (Lipinski definition) is 5. The molecular weight excluding hydrogens is 256 g/mol. The van der Waals surface area contributed by atoms with Crippen molar-refractivity contribution in [3.05, 3.63) is 36.4 Å². The van der Waals surface area contributed by atoms with Crippen LogP contribution in [0.15, 0.2) is 30.6 Å². The van der Waals surface area contributed by atoms with Crippen molar-refractivity contribution in [2.24, 2.45) is 0 Å². The topological polar surface area (TPSA) is 110 Å². The van der Waals surface area contributed by atoms with E-state index in [4.69, 9.17) is 11.0 Å². The van der Waals surface area contributed by atoms with Crippen molar-refractivity contribution in [2.75, 3.05) is 11.1 Å². The van der Waals surface area contributed by atoms with Gasteiger partial charge in [-0.2, -0.15) is 5.26 Å². The number of amides is 1. The monoisotopic (exact) mass is 270 g/mol. The molecule has 0 spiro atoms. The molecule has 3 N–H and O–H groups in total. The van der Waals surface area contributed by atoms with Crippen LogP contribution in [0.5, 0.6) is 0 Å². The quantitative estimate of drug-likeness (QED) is 0.792. The molecule has 1 aromatic carbocycles. The fraction of sp³-hybridized carbons (Fsp3) is 0.231. The van der Waals surface area contributed by atoms with Crippen LogP contribution in [0.2, 0.25) is 0 Å². The second-order valence-electron chi connectivity index (χ2n) is 4.22. The molecule has 0 fully saturated rings. The molecule has 0 atom stereocenters. The number of aromatic nitrogens is 3. The van der Waals surface area contributed by atoms with Crippen LogP contribution in [-0.4, -0.2) is 20.7 Å². The maximum Gasteiger partial charge on any atom is 0.252 e. The van der Waals surface area contributed by atoms with E-state index in [9.17, 15) is 4.79 Å². The lowest BCUT2D eigenvalue weighted by Crippen LogP contribution is -2.12. The molecule has 0 unspecified atom stereocenters. The minimum atomic E-state index is -0.0868. The number of carbonyl (C=O) groups is 1. The number of hydrogen-bond donors (Lipinski definition) is 2. The zero-order chi connectivity index (χ0) is 14.4. The molecule has 2 aromatic rings. The minimum absolute atomic E-state index is 0.0868. The lowest BCUT2D eigenvalue weighted by atomic mass is 10.2. The van der Waals surface area contributed by atoms with Gasteiger partial charge in [-0.3, -0.25) is 9.48 Å². The molecule has 1 amide bonds. The molecule has 1 aromatic heterocycles. The summed E-state index contributed by atoms with van der Waals surface area (Å²) >= 11 is 0. The third-order valence-corrected chi connectivity index (χ3v) is 2.60. The molecule has 7 nitrogen and oxygen atoms in total. The predicted molar refractivity (Wildman–Crippen MR) is 73.5 cm³/mol. The van der Waals surface area contributed by atoms with Crippen LogP contribution in [0.25, 0.3) is 0 Å².